The van der Waals surface area contributed by atoms with Crippen LogP contribution in [0.25, 0.3) is 10.9 Å². The molecule has 0 saturated carbocycles. The molecule has 0 atom stereocenters. The van der Waals surface area contributed by atoms with E-state index >= 15 is 0 Å². The molecule has 0 unspecified atom stereocenters. The molecule has 2 aromatic carbocycles. The molecule has 31 heavy (non-hydrogen) atoms. The normalized spacial score (nSPS) is 12.2. The number of guanidine groups is 1. The minimum atomic E-state index is -4.31. The number of rotatable bonds is 8. The molecule has 0 aliphatic rings. The molecule has 1 aromatic heterocycles. The van der Waals surface area contributed by atoms with Gasteiger partial charge in [-0.2, -0.15) is 13.2 Å². The monoisotopic (exact) mass is 430 g/mol. The smallest absolute Gasteiger partial charge is 0.367 e. The zero-order chi connectivity index (χ0) is 22.1. The van der Waals surface area contributed by atoms with Crippen molar-refractivity contribution in [2.75, 3.05) is 13.2 Å². The second kappa shape index (κ2) is 10.8. The van der Waals surface area contributed by atoms with E-state index in [0.29, 0.717) is 24.6 Å². The third-order valence-corrected chi connectivity index (χ3v) is 4.48. The van der Waals surface area contributed by atoms with Crippen molar-refractivity contribution in [3.8, 4) is 0 Å². The van der Waals surface area contributed by atoms with Crippen LogP contribution >= 0.6 is 0 Å². The summed E-state index contributed by atoms with van der Waals surface area (Å²) in [6.45, 7) is 2.40. The number of hydrogen-bond donors (Lipinski definition) is 2. The standard InChI is InChI=1S/C23H25F3N4O/c1-2-27-22(30-14-20-6-3-5-19-7-4-12-28-21(19)20)29-13-17-8-10-18(11-9-17)15-31-16-23(24,25)26/h3-12H,2,13-16H2,1H3,(H2,27,29,30). The third kappa shape index (κ3) is 7.25. The van der Waals surface area contributed by atoms with Gasteiger partial charge in [-0.15, -0.1) is 0 Å². The lowest BCUT2D eigenvalue weighted by Gasteiger charge is -2.12. The number of hydrogen-bond acceptors (Lipinski definition) is 3. The van der Waals surface area contributed by atoms with Crippen LogP contribution in [-0.4, -0.2) is 30.3 Å². The van der Waals surface area contributed by atoms with E-state index in [9.17, 15) is 13.2 Å². The maximum absolute atomic E-state index is 12.2. The first-order valence-corrected chi connectivity index (χ1v) is 10.0. The van der Waals surface area contributed by atoms with Gasteiger partial charge in [0.25, 0.3) is 0 Å². The molecule has 8 heteroatoms. The Kier molecular flexibility index (Phi) is 7.83. The van der Waals surface area contributed by atoms with Gasteiger partial charge in [-0.3, -0.25) is 4.98 Å². The SMILES string of the molecule is CCNC(=NCc1ccc(COCC(F)(F)F)cc1)NCc1cccc2cccnc12. The van der Waals surface area contributed by atoms with Crippen LogP contribution in [0.4, 0.5) is 13.2 Å². The molecule has 0 amide bonds. The van der Waals surface area contributed by atoms with Crippen LogP contribution in [0.2, 0.25) is 0 Å². The highest BCUT2D eigenvalue weighted by Crippen LogP contribution is 2.17. The predicted octanol–water partition coefficient (Wildman–Crippen LogP) is 4.57. The van der Waals surface area contributed by atoms with Gasteiger partial charge in [-0.05, 0) is 29.7 Å². The van der Waals surface area contributed by atoms with E-state index in [1.54, 1.807) is 18.3 Å². The van der Waals surface area contributed by atoms with Crippen LogP contribution in [0.3, 0.4) is 0 Å². The zero-order valence-electron chi connectivity index (χ0n) is 17.2. The van der Waals surface area contributed by atoms with Crippen molar-refractivity contribution in [1.29, 1.82) is 0 Å². The Morgan fingerprint density at radius 1 is 1.00 bits per heavy atom. The summed E-state index contributed by atoms with van der Waals surface area (Å²) in [4.78, 5) is 9.07. The number of aliphatic imine (C=N–C) groups is 1. The van der Waals surface area contributed by atoms with E-state index in [1.165, 1.54) is 0 Å². The van der Waals surface area contributed by atoms with Gasteiger partial charge in [0.1, 0.15) is 6.61 Å². The van der Waals surface area contributed by atoms with Gasteiger partial charge in [-0.25, -0.2) is 4.99 Å². The fourth-order valence-electron chi connectivity index (χ4n) is 3.03. The molecule has 0 bridgehead atoms. The van der Waals surface area contributed by atoms with E-state index in [-0.39, 0.29) is 6.61 Å². The fourth-order valence-corrected chi connectivity index (χ4v) is 3.03. The molecule has 5 nitrogen and oxygen atoms in total. The number of fused-ring (bicyclic) bond motifs is 1. The Morgan fingerprint density at radius 3 is 2.48 bits per heavy atom. The molecular formula is C23H25F3N4O. The summed E-state index contributed by atoms with van der Waals surface area (Å²) in [5, 5.41) is 7.63. The average Bonchev–Trinajstić information content (AvgIpc) is 2.76. The number of aromatic nitrogens is 1. The predicted molar refractivity (Wildman–Crippen MR) is 116 cm³/mol. The molecule has 2 N–H and O–H groups in total. The lowest BCUT2D eigenvalue weighted by Crippen LogP contribution is -2.36. The van der Waals surface area contributed by atoms with Crippen molar-refractivity contribution >= 4 is 16.9 Å². The number of nitrogens with zero attached hydrogens (tertiary/aromatic N) is 2. The summed E-state index contributed by atoms with van der Waals surface area (Å²) < 4.78 is 41.1. The minimum Gasteiger partial charge on any atom is -0.367 e. The second-order valence-corrected chi connectivity index (χ2v) is 6.97. The maximum Gasteiger partial charge on any atom is 0.411 e. The summed E-state index contributed by atoms with van der Waals surface area (Å²) in [6.07, 6.45) is -2.53. The molecular weight excluding hydrogens is 405 g/mol. The first-order chi connectivity index (χ1) is 14.9. The molecule has 1 heterocycles. The van der Waals surface area contributed by atoms with Gasteiger partial charge in [0.2, 0.25) is 0 Å². The Morgan fingerprint density at radius 2 is 1.74 bits per heavy atom. The van der Waals surface area contributed by atoms with E-state index in [0.717, 1.165) is 28.6 Å². The molecule has 0 aliphatic heterocycles. The van der Waals surface area contributed by atoms with Crippen LogP contribution in [0.5, 0.6) is 0 Å². The Bertz CT molecular complexity index is 998. The first-order valence-electron chi connectivity index (χ1n) is 10.0. The molecule has 0 saturated heterocycles. The quantitative estimate of drug-likeness (QED) is 0.406. The van der Waals surface area contributed by atoms with Crippen molar-refractivity contribution in [3.05, 3.63) is 77.5 Å². The van der Waals surface area contributed by atoms with Crippen LogP contribution in [0.1, 0.15) is 23.6 Å². The van der Waals surface area contributed by atoms with Crippen molar-refractivity contribution in [2.24, 2.45) is 4.99 Å². The summed E-state index contributed by atoms with van der Waals surface area (Å²) >= 11 is 0. The van der Waals surface area contributed by atoms with Crippen LogP contribution in [0.15, 0.2) is 65.8 Å². The van der Waals surface area contributed by atoms with Gasteiger partial charge in [-0.1, -0.05) is 48.5 Å². The Balaban J connectivity index is 1.58. The lowest BCUT2D eigenvalue weighted by molar-refractivity contribution is -0.176. The van der Waals surface area contributed by atoms with E-state index in [4.69, 9.17) is 0 Å². The zero-order valence-corrected chi connectivity index (χ0v) is 17.2. The second-order valence-electron chi connectivity index (χ2n) is 6.97. The number of benzene rings is 2. The number of alkyl halides is 3. The Hall–Kier alpha value is -3.13. The largest absolute Gasteiger partial charge is 0.411 e. The number of ether oxygens (including phenoxy) is 1. The molecule has 0 aliphatic carbocycles. The first kappa shape index (κ1) is 22.6. The van der Waals surface area contributed by atoms with Gasteiger partial charge >= 0.3 is 6.18 Å². The highest BCUT2D eigenvalue weighted by atomic mass is 19.4. The maximum atomic E-state index is 12.2. The summed E-state index contributed by atoms with van der Waals surface area (Å²) in [7, 11) is 0. The van der Waals surface area contributed by atoms with Gasteiger partial charge in [0.05, 0.1) is 18.7 Å². The number of halogens is 3. The molecule has 0 fully saturated rings. The number of pyridine rings is 1. The lowest BCUT2D eigenvalue weighted by atomic mass is 10.1. The van der Waals surface area contributed by atoms with Crippen molar-refractivity contribution in [2.45, 2.75) is 32.8 Å². The van der Waals surface area contributed by atoms with E-state index in [2.05, 4.69) is 25.3 Å². The topological polar surface area (TPSA) is 58.5 Å². The average molecular weight is 430 g/mol. The molecule has 0 spiro atoms. The highest BCUT2D eigenvalue weighted by molar-refractivity contribution is 5.83. The summed E-state index contributed by atoms with van der Waals surface area (Å²) in [5.41, 5.74) is 3.66. The molecule has 0 radical (unpaired) electrons. The van der Waals surface area contributed by atoms with Crippen molar-refractivity contribution in [3.63, 3.8) is 0 Å². The van der Waals surface area contributed by atoms with Crippen LogP contribution < -0.4 is 10.6 Å². The van der Waals surface area contributed by atoms with Gasteiger partial charge in [0, 0.05) is 24.7 Å². The van der Waals surface area contributed by atoms with Crippen molar-refractivity contribution in [1.82, 2.24) is 15.6 Å². The summed E-state index contributed by atoms with van der Waals surface area (Å²) in [6, 6.07) is 17.2. The molecule has 164 valence electrons. The van der Waals surface area contributed by atoms with Gasteiger partial charge < -0.3 is 15.4 Å². The third-order valence-electron chi connectivity index (χ3n) is 4.48. The van der Waals surface area contributed by atoms with E-state index < -0.39 is 12.8 Å². The fraction of sp³-hybridized carbons (Fsp3) is 0.304. The van der Waals surface area contributed by atoms with Crippen molar-refractivity contribution < 1.29 is 17.9 Å². The Labute approximate surface area is 179 Å². The highest BCUT2D eigenvalue weighted by Gasteiger charge is 2.27. The van der Waals surface area contributed by atoms with Crippen LogP contribution in [-0.2, 0) is 24.4 Å². The molecule has 3 aromatic rings. The molecule has 3 rings (SSSR count). The minimum absolute atomic E-state index is 0.0771. The summed E-state index contributed by atoms with van der Waals surface area (Å²) in [5.74, 6) is 0.674. The number of nitrogens with one attached hydrogen (secondary N) is 2. The van der Waals surface area contributed by atoms with Gasteiger partial charge in [0.15, 0.2) is 5.96 Å². The van der Waals surface area contributed by atoms with E-state index in [1.807, 2.05) is 49.4 Å². The van der Waals surface area contributed by atoms with Crippen LogP contribution in [0, 0.1) is 0 Å². The number of para-hydroxylation sites is 1.